The molecule has 1 aliphatic carbocycles. The number of hydrogen-bond donors (Lipinski definition) is 1. The van der Waals surface area contributed by atoms with Crippen LogP contribution < -0.4 is 5.32 Å². The first-order valence-electron chi connectivity index (χ1n) is 7.25. The van der Waals surface area contributed by atoms with Crippen molar-refractivity contribution in [3.8, 4) is 0 Å². The molecular formula is C16H24FNO. The van der Waals surface area contributed by atoms with E-state index in [0.717, 1.165) is 19.4 Å². The molecule has 19 heavy (non-hydrogen) atoms. The van der Waals surface area contributed by atoms with E-state index in [9.17, 15) is 4.39 Å². The number of nitrogens with one attached hydrogen (secondary N) is 1. The predicted octanol–water partition coefficient (Wildman–Crippen LogP) is 3.68. The van der Waals surface area contributed by atoms with E-state index in [1.807, 2.05) is 12.1 Å². The van der Waals surface area contributed by atoms with Gasteiger partial charge in [-0.2, -0.15) is 0 Å². The summed E-state index contributed by atoms with van der Waals surface area (Å²) in [5.41, 5.74) is 1.20. The van der Waals surface area contributed by atoms with Crippen LogP contribution in [0.25, 0.3) is 0 Å². The lowest BCUT2D eigenvalue weighted by Crippen LogP contribution is -2.37. The van der Waals surface area contributed by atoms with Crippen molar-refractivity contribution in [2.75, 3.05) is 13.7 Å². The minimum Gasteiger partial charge on any atom is -0.383 e. The Morgan fingerprint density at radius 2 is 2.00 bits per heavy atom. The minimum absolute atomic E-state index is 0.166. The lowest BCUT2D eigenvalue weighted by molar-refractivity contribution is 0.153. The topological polar surface area (TPSA) is 21.3 Å². The van der Waals surface area contributed by atoms with E-state index in [4.69, 9.17) is 4.74 Å². The van der Waals surface area contributed by atoms with Crippen LogP contribution in [0.3, 0.4) is 0 Å². The van der Waals surface area contributed by atoms with Crippen molar-refractivity contribution in [2.24, 2.45) is 5.92 Å². The molecule has 3 heteroatoms. The summed E-state index contributed by atoms with van der Waals surface area (Å²) >= 11 is 0. The van der Waals surface area contributed by atoms with E-state index in [1.165, 1.54) is 18.4 Å². The second-order valence-electron chi connectivity index (χ2n) is 5.47. The van der Waals surface area contributed by atoms with Gasteiger partial charge in [-0.25, -0.2) is 4.39 Å². The van der Waals surface area contributed by atoms with Crippen LogP contribution in [0.2, 0.25) is 0 Å². The van der Waals surface area contributed by atoms with Gasteiger partial charge in [0.2, 0.25) is 0 Å². The van der Waals surface area contributed by atoms with Crippen molar-refractivity contribution in [1.82, 2.24) is 5.32 Å². The Balaban J connectivity index is 2.04. The SMILES string of the molecule is CCCC(COC)NC(c1ccc(F)cc1)C1CC1. The monoisotopic (exact) mass is 265 g/mol. The van der Waals surface area contributed by atoms with Gasteiger partial charge in [0.05, 0.1) is 6.61 Å². The molecule has 0 spiro atoms. The van der Waals surface area contributed by atoms with Gasteiger partial charge in [-0.05, 0) is 42.9 Å². The quantitative estimate of drug-likeness (QED) is 0.774. The van der Waals surface area contributed by atoms with Crippen molar-refractivity contribution in [2.45, 2.75) is 44.7 Å². The first-order valence-corrected chi connectivity index (χ1v) is 7.25. The second kappa shape index (κ2) is 7.01. The average molecular weight is 265 g/mol. The maximum absolute atomic E-state index is 13.0. The molecule has 2 unspecified atom stereocenters. The zero-order valence-electron chi connectivity index (χ0n) is 11.9. The van der Waals surface area contributed by atoms with Crippen LogP contribution in [0.5, 0.6) is 0 Å². The minimum atomic E-state index is -0.166. The molecule has 1 aliphatic rings. The Morgan fingerprint density at radius 1 is 1.32 bits per heavy atom. The molecule has 2 nitrogen and oxygen atoms in total. The van der Waals surface area contributed by atoms with Crippen LogP contribution in [-0.2, 0) is 4.74 Å². The van der Waals surface area contributed by atoms with Gasteiger partial charge < -0.3 is 10.1 Å². The van der Waals surface area contributed by atoms with Crippen LogP contribution in [-0.4, -0.2) is 19.8 Å². The number of ether oxygens (including phenoxy) is 1. The van der Waals surface area contributed by atoms with Crippen molar-refractivity contribution >= 4 is 0 Å². The van der Waals surface area contributed by atoms with Crippen LogP contribution in [0.4, 0.5) is 4.39 Å². The lowest BCUT2D eigenvalue weighted by atomic mass is 10.0. The molecule has 1 N–H and O–H groups in total. The largest absolute Gasteiger partial charge is 0.383 e. The molecule has 1 fully saturated rings. The summed E-state index contributed by atoms with van der Waals surface area (Å²) in [5, 5.41) is 3.71. The second-order valence-corrected chi connectivity index (χ2v) is 5.47. The highest BCUT2D eigenvalue weighted by Gasteiger charge is 2.33. The van der Waals surface area contributed by atoms with Gasteiger partial charge >= 0.3 is 0 Å². The highest BCUT2D eigenvalue weighted by Crippen LogP contribution is 2.41. The standard InChI is InChI=1S/C16H24FNO/c1-3-4-15(11-19-2)18-16(12-5-6-12)13-7-9-14(17)10-8-13/h7-10,12,15-16,18H,3-6,11H2,1-2H3. The summed E-state index contributed by atoms with van der Waals surface area (Å²) < 4.78 is 18.3. The molecular weight excluding hydrogens is 241 g/mol. The van der Waals surface area contributed by atoms with Crippen LogP contribution in [0.15, 0.2) is 24.3 Å². The molecule has 2 rings (SSSR count). The van der Waals surface area contributed by atoms with Gasteiger partial charge in [0.25, 0.3) is 0 Å². The Bertz CT molecular complexity index is 369. The Kier molecular flexibility index (Phi) is 5.34. The molecule has 0 bridgehead atoms. The third-order valence-electron chi connectivity index (χ3n) is 3.74. The van der Waals surface area contributed by atoms with Gasteiger partial charge in [-0.15, -0.1) is 0 Å². The summed E-state index contributed by atoms with van der Waals surface area (Å²) in [6.07, 6.45) is 4.78. The molecule has 1 aromatic carbocycles. The molecule has 0 saturated heterocycles. The average Bonchev–Trinajstić information content (AvgIpc) is 3.22. The van der Waals surface area contributed by atoms with Crippen LogP contribution >= 0.6 is 0 Å². The first kappa shape index (κ1) is 14.5. The number of halogens is 1. The highest BCUT2D eigenvalue weighted by atomic mass is 19.1. The van der Waals surface area contributed by atoms with Gasteiger partial charge in [-0.3, -0.25) is 0 Å². The molecule has 2 atom stereocenters. The molecule has 1 aromatic rings. The lowest BCUT2D eigenvalue weighted by Gasteiger charge is -2.25. The Morgan fingerprint density at radius 3 is 2.53 bits per heavy atom. The molecule has 0 aromatic heterocycles. The van der Waals surface area contributed by atoms with E-state index in [2.05, 4.69) is 12.2 Å². The van der Waals surface area contributed by atoms with Gasteiger partial charge in [0, 0.05) is 19.2 Å². The van der Waals surface area contributed by atoms with Crippen molar-refractivity contribution < 1.29 is 9.13 Å². The van der Waals surface area contributed by atoms with Crippen molar-refractivity contribution in [3.05, 3.63) is 35.6 Å². The molecule has 0 heterocycles. The van der Waals surface area contributed by atoms with E-state index in [-0.39, 0.29) is 5.82 Å². The Hall–Kier alpha value is -0.930. The molecule has 0 radical (unpaired) electrons. The molecule has 0 aliphatic heterocycles. The summed E-state index contributed by atoms with van der Waals surface area (Å²) in [6, 6.07) is 7.63. The van der Waals surface area contributed by atoms with Crippen molar-refractivity contribution in [3.63, 3.8) is 0 Å². The summed E-state index contributed by atoms with van der Waals surface area (Å²) in [6.45, 7) is 2.92. The third-order valence-corrected chi connectivity index (χ3v) is 3.74. The smallest absolute Gasteiger partial charge is 0.123 e. The Labute approximate surface area is 115 Å². The normalized spacial score (nSPS) is 18.3. The summed E-state index contributed by atoms with van der Waals surface area (Å²) in [5.74, 6) is 0.530. The fraction of sp³-hybridized carbons (Fsp3) is 0.625. The maximum Gasteiger partial charge on any atom is 0.123 e. The van der Waals surface area contributed by atoms with E-state index < -0.39 is 0 Å². The van der Waals surface area contributed by atoms with Gasteiger partial charge in [0.15, 0.2) is 0 Å². The number of benzene rings is 1. The fourth-order valence-corrected chi connectivity index (χ4v) is 2.62. The maximum atomic E-state index is 13.0. The zero-order chi connectivity index (χ0) is 13.7. The third kappa shape index (κ3) is 4.29. The molecule has 1 saturated carbocycles. The predicted molar refractivity (Wildman–Crippen MR) is 75.6 cm³/mol. The van der Waals surface area contributed by atoms with E-state index in [1.54, 1.807) is 19.2 Å². The zero-order valence-corrected chi connectivity index (χ0v) is 11.9. The van der Waals surface area contributed by atoms with Crippen molar-refractivity contribution in [1.29, 1.82) is 0 Å². The number of hydrogen-bond acceptors (Lipinski definition) is 2. The van der Waals surface area contributed by atoms with Gasteiger partial charge in [0.1, 0.15) is 5.82 Å². The van der Waals surface area contributed by atoms with Crippen LogP contribution in [0, 0.1) is 11.7 Å². The number of methoxy groups -OCH3 is 1. The number of rotatable bonds is 8. The fourth-order valence-electron chi connectivity index (χ4n) is 2.62. The highest BCUT2D eigenvalue weighted by molar-refractivity contribution is 5.22. The van der Waals surface area contributed by atoms with E-state index in [0.29, 0.717) is 18.0 Å². The summed E-state index contributed by atoms with van der Waals surface area (Å²) in [4.78, 5) is 0. The molecule has 106 valence electrons. The molecule has 0 amide bonds. The van der Waals surface area contributed by atoms with Gasteiger partial charge in [-0.1, -0.05) is 25.5 Å². The van der Waals surface area contributed by atoms with E-state index >= 15 is 0 Å². The summed E-state index contributed by atoms with van der Waals surface area (Å²) in [7, 11) is 1.74. The first-order chi connectivity index (χ1) is 9.24. The van der Waals surface area contributed by atoms with Crippen LogP contribution in [0.1, 0.15) is 44.2 Å².